The molecule has 0 aliphatic heterocycles. The Morgan fingerprint density at radius 2 is 0.793 bits per heavy atom. The lowest BCUT2D eigenvalue weighted by Crippen LogP contribution is -1.96. The predicted octanol–water partition coefficient (Wildman–Crippen LogP) is 14.5. The van der Waals surface area contributed by atoms with Gasteiger partial charge in [0.25, 0.3) is 0 Å². The van der Waals surface area contributed by atoms with Crippen molar-refractivity contribution in [2.75, 3.05) is 0 Å². The predicted molar refractivity (Wildman–Crippen MR) is 242 cm³/mol. The molecule has 0 saturated heterocycles. The quantitative estimate of drug-likeness (QED) is 0.177. The molecular weight excluding hydrogens is 707 g/mol. The summed E-state index contributed by atoms with van der Waals surface area (Å²) >= 11 is 0. The molecule has 4 aromatic heterocycles. The molecule has 0 aliphatic rings. The molecule has 0 aliphatic carbocycles. The summed E-state index contributed by atoms with van der Waals surface area (Å²) < 4.78 is 13.5. The number of fused-ring (bicyclic) bond motifs is 13. The highest BCUT2D eigenvalue weighted by molar-refractivity contribution is 6.26. The number of rotatable bonds is 4. The molecule has 13 rings (SSSR count). The van der Waals surface area contributed by atoms with E-state index in [2.05, 4.69) is 202 Å². The summed E-state index contributed by atoms with van der Waals surface area (Å²) in [6.45, 7) is 0. The summed E-state index contributed by atoms with van der Waals surface area (Å²) in [6, 6.07) is 72.6. The van der Waals surface area contributed by atoms with Crippen LogP contribution >= 0.6 is 0 Å². The van der Waals surface area contributed by atoms with Crippen molar-refractivity contribution in [2.45, 2.75) is 0 Å². The summed E-state index contributed by atoms with van der Waals surface area (Å²) in [5, 5.41) is 9.67. The Labute approximate surface area is 332 Å². The van der Waals surface area contributed by atoms with Crippen LogP contribution in [-0.4, -0.2) is 13.7 Å². The maximum absolute atomic E-state index is 6.20. The van der Waals surface area contributed by atoms with Gasteiger partial charge < -0.3 is 18.1 Å². The van der Waals surface area contributed by atoms with E-state index in [1.807, 2.05) is 12.1 Å². The monoisotopic (exact) mass is 739 g/mol. The average Bonchev–Trinajstić information content (AvgIpc) is 4.02. The standard InChI is InChI=1S/C54H33N3O/c1-3-13-36(14-4-1)55-48-27-23-34(35-24-30-52-45(32-35)40-18-9-12-22-51(40)58-52)31-43(48)44-33-38(25-28-49(44)55)57-46-20-10-7-17-39(46)41-26-29-50-53(54(41)57)42-19-8-11-21-47(42)56(50)37-15-5-2-6-16-37/h1-33H. The van der Waals surface area contributed by atoms with Crippen LogP contribution in [0, 0.1) is 0 Å². The molecule has 13 aromatic rings. The van der Waals surface area contributed by atoms with E-state index in [0.29, 0.717) is 0 Å². The van der Waals surface area contributed by atoms with Gasteiger partial charge in [-0.2, -0.15) is 0 Å². The van der Waals surface area contributed by atoms with Gasteiger partial charge in [-0.3, -0.25) is 0 Å². The molecule has 0 radical (unpaired) electrons. The molecule has 58 heavy (non-hydrogen) atoms. The Morgan fingerprint density at radius 1 is 0.276 bits per heavy atom. The van der Waals surface area contributed by atoms with E-state index >= 15 is 0 Å². The highest BCUT2D eigenvalue weighted by Crippen LogP contribution is 2.44. The van der Waals surface area contributed by atoms with Crippen LogP contribution in [-0.2, 0) is 0 Å². The van der Waals surface area contributed by atoms with Crippen molar-refractivity contribution in [1.29, 1.82) is 0 Å². The molecule has 270 valence electrons. The molecule has 0 unspecified atom stereocenters. The first kappa shape index (κ1) is 31.4. The molecule has 0 atom stereocenters. The van der Waals surface area contributed by atoms with Gasteiger partial charge in [0.15, 0.2) is 0 Å². The average molecular weight is 740 g/mol. The van der Waals surface area contributed by atoms with Crippen LogP contribution in [0.5, 0.6) is 0 Å². The van der Waals surface area contributed by atoms with Crippen LogP contribution < -0.4 is 0 Å². The first-order chi connectivity index (χ1) is 28.8. The third kappa shape index (κ3) is 4.34. The third-order valence-electron chi connectivity index (χ3n) is 12.2. The zero-order chi connectivity index (χ0) is 37.9. The van der Waals surface area contributed by atoms with E-state index in [4.69, 9.17) is 4.42 Å². The number of aromatic nitrogens is 3. The molecule has 0 spiro atoms. The highest BCUT2D eigenvalue weighted by atomic mass is 16.3. The van der Waals surface area contributed by atoms with E-state index in [9.17, 15) is 0 Å². The normalized spacial score (nSPS) is 12.1. The summed E-state index contributed by atoms with van der Waals surface area (Å²) in [5.41, 5.74) is 14.7. The van der Waals surface area contributed by atoms with Crippen molar-refractivity contribution in [2.24, 2.45) is 0 Å². The molecular formula is C54H33N3O. The summed E-state index contributed by atoms with van der Waals surface area (Å²) in [5.74, 6) is 0. The second-order valence-electron chi connectivity index (χ2n) is 15.3. The molecule has 0 amide bonds. The van der Waals surface area contributed by atoms with Gasteiger partial charge in [-0.15, -0.1) is 0 Å². The molecule has 9 aromatic carbocycles. The molecule has 0 fully saturated rings. The number of hydrogen-bond acceptors (Lipinski definition) is 1. The minimum atomic E-state index is 0.906. The Bertz CT molecular complexity index is 3790. The minimum absolute atomic E-state index is 0.906. The number of furan rings is 1. The van der Waals surface area contributed by atoms with Gasteiger partial charge in [0.2, 0.25) is 0 Å². The summed E-state index contributed by atoms with van der Waals surface area (Å²) in [6.07, 6.45) is 0. The van der Waals surface area contributed by atoms with Gasteiger partial charge in [-0.1, -0.05) is 109 Å². The SMILES string of the molecule is c1ccc(-n2c3ccc(-c4ccc5oc6ccccc6c5c4)cc3c3cc(-n4c5ccccc5c5ccc6c(c7ccccc7n6-c6ccccc6)c54)ccc32)cc1. The Hall–Kier alpha value is -7.82. The zero-order valence-electron chi connectivity index (χ0n) is 31.3. The third-order valence-corrected chi connectivity index (χ3v) is 12.2. The smallest absolute Gasteiger partial charge is 0.135 e. The van der Waals surface area contributed by atoms with Crippen molar-refractivity contribution in [1.82, 2.24) is 13.7 Å². The summed E-state index contributed by atoms with van der Waals surface area (Å²) in [7, 11) is 0. The van der Waals surface area contributed by atoms with Crippen molar-refractivity contribution in [3.63, 3.8) is 0 Å². The van der Waals surface area contributed by atoms with E-state index in [-0.39, 0.29) is 0 Å². The molecule has 4 heteroatoms. The first-order valence-electron chi connectivity index (χ1n) is 19.8. The van der Waals surface area contributed by atoms with Crippen LogP contribution in [0.3, 0.4) is 0 Å². The van der Waals surface area contributed by atoms with E-state index in [1.54, 1.807) is 0 Å². The molecule has 0 bridgehead atoms. The number of hydrogen-bond donors (Lipinski definition) is 0. The van der Waals surface area contributed by atoms with Crippen molar-refractivity contribution >= 4 is 87.4 Å². The largest absolute Gasteiger partial charge is 0.456 e. The zero-order valence-corrected chi connectivity index (χ0v) is 31.3. The molecule has 4 heterocycles. The Morgan fingerprint density at radius 3 is 1.55 bits per heavy atom. The number of nitrogens with zero attached hydrogens (tertiary/aromatic N) is 3. The Balaban J connectivity index is 1.11. The Kier molecular flexibility index (Phi) is 6.41. The topological polar surface area (TPSA) is 27.9 Å². The number of para-hydroxylation sites is 5. The van der Waals surface area contributed by atoms with Crippen LogP contribution in [0.25, 0.3) is 116 Å². The lowest BCUT2D eigenvalue weighted by atomic mass is 10.0. The maximum Gasteiger partial charge on any atom is 0.135 e. The van der Waals surface area contributed by atoms with Crippen molar-refractivity contribution < 1.29 is 4.42 Å². The van der Waals surface area contributed by atoms with Crippen LogP contribution in [0.4, 0.5) is 0 Å². The molecule has 0 saturated carbocycles. The fourth-order valence-corrected chi connectivity index (χ4v) is 9.72. The minimum Gasteiger partial charge on any atom is -0.456 e. The number of benzene rings is 9. The van der Waals surface area contributed by atoms with Gasteiger partial charge in [-0.05, 0) is 102 Å². The fraction of sp³-hybridized carbons (Fsp3) is 0. The molecule has 4 nitrogen and oxygen atoms in total. The van der Waals surface area contributed by atoms with E-state index in [1.165, 1.54) is 71.0 Å². The van der Waals surface area contributed by atoms with Crippen molar-refractivity contribution in [3.8, 4) is 28.2 Å². The van der Waals surface area contributed by atoms with Gasteiger partial charge in [0, 0.05) is 60.2 Å². The lowest BCUT2D eigenvalue weighted by Gasteiger charge is -2.11. The van der Waals surface area contributed by atoms with Crippen molar-refractivity contribution in [3.05, 3.63) is 200 Å². The first-order valence-corrected chi connectivity index (χ1v) is 19.8. The fourth-order valence-electron chi connectivity index (χ4n) is 9.72. The van der Waals surface area contributed by atoms with Gasteiger partial charge >= 0.3 is 0 Å². The van der Waals surface area contributed by atoms with Gasteiger partial charge in [0.05, 0.1) is 33.1 Å². The van der Waals surface area contributed by atoms with Crippen LogP contribution in [0.15, 0.2) is 205 Å². The second-order valence-corrected chi connectivity index (χ2v) is 15.3. The summed E-state index contributed by atoms with van der Waals surface area (Å²) in [4.78, 5) is 0. The maximum atomic E-state index is 6.20. The van der Waals surface area contributed by atoms with E-state index in [0.717, 1.165) is 44.6 Å². The van der Waals surface area contributed by atoms with Crippen LogP contribution in [0.2, 0.25) is 0 Å². The van der Waals surface area contributed by atoms with Crippen LogP contribution in [0.1, 0.15) is 0 Å². The van der Waals surface area contributed by atoms with Gasteiger partial charge in [0.1, 0.15) is 11.2 Å². The highest BCUT2D eigenvalue weighted by Gasteiger charge is 2.22. The lowest BCUT2D eigenvalue weighted by molar-refractivity contribution is 0.669. The van der Waals surface area contributed by atoms with Gasteiger partial charge in [-0.25, -0.2) is 0 Å². The molecule has 0 N–H and O–H groups in total. The van der Waals surface area contributed by atoms with E-state index < -0.39 is 0 Å². The second kappa shape index (κ2) is 11.8.